The number of rotatable bonds is 6. The van der Waals surface area contributed by atoms with Crippen LogP contribution in [0.25, 0.3) is 5.69 Å². The predicted octanol–water partition coefficient (Wildman–Crippen LogP) is 4.30. The molecule has 0 unspecified atom stereocenters. The van der Waals surface area contributed by atoms with E-state index in [-0.39, 0.29) is 5.91 Å². The molecule has 0 atom stereocenters. The number of aromatic nitrogens is 2. The molecular weight excluding hydrogens is 330 g/mol. The zero-order chi connectivity index (χ0) is 17.6. The third kappa shape index (κ3) is 4.31. The van der Waals surface area contributed by atoms with Crippen LogP contribution in [-0.2, 0) is 6.54 Å². The molecule has 0 radical (unpaired) electrons. The number of thioether (sulfide) groups is 1. The Balaban J connectivity index is 1.76. The van der Waals surface area contributed by atoms with Gasteiger partial charge in [-0.2, -0.15) is 5.10 Å². The summed E-state index contributed by atoms with van der Waals surface area (Å²) in [6.07, 6.45) is 3.64. The van der Waals surface area contributed by atoms with E-state index in [1.807, 2.05) is 65.5 Å². The van der Waals surface area contributed by atoms with Crippen molar-refractivity contribution >= 4 is 17.7 Å². The minimum Gasteiger partial charge on any atom is -0.348 e. The zero-order valence-electron chi connectivity index (χ0n) is 14.3. The Morgan fingerprint density at radius 3 is 2.64 bits per heavy atom. The van der Waals surface area contributed by atoms with Crippen molar-refractivity contribution in [3.63, 3.8) is 0 Å². The van der Waals surface area contributed by atoms with Gasteiger partial charge in [-0.1, -0.05) is 44.2 Å². The number of para-hydroxylation sites is 1. The van der Waals surface area contributed by atoms with Gasteiger partial charge in [0.05, 0.1) is 11.3 Å². The van der Waals surface area contributed by atoms with Gasteiger partial charge in [0.15, 0.2) is 0 Å². The van der Waals surface area contributed by atoms with Crippen LogP contribution in [-0.4, -0.2) is 20.9 Å². The van der Waals surface area contributed by atoms with Gasteiger partial charge in [0.1, 0.15) is 0 Å². The van der Waals surface area contributed by atoms with E-state index in [0.717, 1.165) is 21.7 Å². The largest absolute Gasteiger partial charge is 0.348 e. The monoisotopic (exact) mass is 351 g/mol. The summed E-state index contributed by atoms with van der Waals surface area (Å²) in [5.41, 5.74) is 2.71. The molecule has 4 nitrogen and oxygen atoms in total. The molecule has 1 N–H and O–H groups in total. The molecule has 2 aromatic carbocycles. The molecule has 25 heavy (non-hydrogen) atoms. The highest BCUT2D eigenvalue weighted by molar-refractivity contribution is 8.00. The highest BCUT2D eigenvalue weighted by atomic mass is 32.2. The summed E-state index contributed by atoms with van der Waals surface area (Å²) in [4.78, 5) is 13.7. The van der Waals surface area contributed by atoms with E-state index in [4.69, 9.17) is 0 Å². The number of amides is 1. The molecule has 0 bridgehead atoms. The lowest BCUT2D eigenvalue weighted by atomic mass is 10.1. The van der Waals surface area contributed by atoms with Gasteiger partial charge in [0.25, 0.3) is 5.91 Å². The fourth-order valence-corrected chi connectivity index (χ4v) is 3.53. The normalized spacial score (nSPS) is 10.8. The zero-order valence-corrected chi connectivity index (χ0v) is 15.2. The maximum atomic E-state index is 12.7. The Kier molecular flexibility index (Phi) is 5.56. The number of nitrogens with one attached hydrogen (secondary N) is 1. The SMILES string of the molecule is CC(C)Sc1ccccc1C(=O)NCc1ccccc1-n1cccn1. The standard InChI is InChI=1S/C20H21N3OS/c1-15(2)25-19-11-6-4-9-17(19)20(24)21-14-16-8-3-5-10-18(16)23-13-7-12-22-23/h3-13,15H,14H2,1-2H3,(H,21,24). The van der Waals surface area contributed by atoms with E-state index in [1.165, 1.54) is 0 Å². The molecule has 0 aliphatic carbocycles. The van der Waals surface area contributed by atoms with Gasteiger partial charge in [0.2, 0.25) is 0 Å². The van der Waals surface area contributed by atoms with Crippen LogP contribution in [0.3, 0.4) is 0 Å². The number of hydrogen-bond donors (Lipinski definition) is 1. The van der Waals surface area contributed by atoms with E-state index in [1.54, 1.807) is 18.0 Å². The Morgan fingerprint density at radius 1 is 1.12 bits per heavy atom. The molecular formula is C20H21N3OS. The molecule has 1 heterocycles. The van der Waals surface area contributed by atoms with E-state index in [0.29, 0.717) is 11.8 Å². The molecule has 0 saturated carbocycles. The highest BCUT2D eigenvalue weighted by Gasteiger charge is 2.13. The average Bonchev–Trinajstić information content (AvgIpc) is 3.14. The maximum Gasteiger partial charge on any atom is 0.252 e. The van der Waals surface area contributed by atoms with Crippen LogP contribution in [0, 0.1) is 0 Å². The lowest BCUT2D eigenvalue weighted by Gasteiger charge is -2.13. The van der Waals surface area contributed by atoms with Gasteiger partial charge in [-0.05, 0) is 29.8 Å². The predicted molar refractivity (Wildman–Crippen MR) is 102 cm³/mol. The first kappa shape index (κ1) is 17.3. The fourth-order valence-electron chi connectivity index (χ4n) is 2.58. The molecule has 0 saturated heterocycles. The van der Waals surface area contributed by atoms with Gasteiger partial charge < -0.3 is 5.32 Å². The Labute approximate surface area is 152 Å². The molecule has 0 aliphatic heterocycles. The van der Waals surface area contributed by atoms with E-state index < -0.39 is 0 Å². The quantitative estimate of drug-likeness (QED) is 0.674. The topological polar surface area (TPSA) is 46.9 Å². The summed E-state index contributed by atoms with van der Waals surface area (Å²) in [6, 6.07) is 17.6. The van der Waals surface area contributed by atoms with Crippen molar-refractivity contribution < 1.29 is 4.79 Å². The van der Waals surface area contributed by atoms with Gasteiger partial charge >= 0.3 is 0 Å². The first-order valence-corrected chi connectivity index (χ1v) is 9.15. The molecule has 128 valence electrons. The number of nitrogens with zero attached hydrogens (tertiary/aromatic N) is 2. The van der Waals surface area contributed by atoms with Gasteiger partial charge in [-0.3, -0.25) is 4.79 Å². The molecule has 0 fully saturated rings. The Morgan fingerprint density at radius 2 is 1.88 bits per heavy atom. The minimum atomic E-state index is -0.0565. The van der Waals surface area contributed by atoms with Crippen molar-refractivity contribution in [1.82, 2.24) is 15.1 Å². The van der Waals surface area contributed by atoms with Crippen molar-refractivity contribution in [3.8, 4) is 5.69 Å². The maximum absolute atomic E-state index is 12.7. The van der Waals surface area contributed by atoms with Crippen LogP contribution in [0.15, 0.2) is 71.9 Å². The smallest absolute Gasteiger partial charge is 0.252 e. The first-order valence-electron chi connectivity index (χ1n) is 8.27. The van der Waals surface area contributed by atoms with Crippen molar-refractivity contribution in [2.75, 3.05) is 0 Å². The molecule has 3 aromatic rings. The average molecular weight is 351 g/mol. The van der Waals surface area contributed by atoms with Crippen LogP contribution in [0.1, 0.15) is 29.8 Å². The minimum absolute atomic E-state index is 0.0565. The van der Waals surface area contributed by atoms with E-state index in [9.17, 15) is 4.79 Å². The number of carbonyl (C=O) groups excluding carboxylic acids is 1. The molecule has 1 aromatic heterocycles. The molecule has 0 spiro atoms. The summed E-state index contributed by atoms with van der Waals surface area (Å²) in [5, 5.41) is 7.74. The molecule has 0 aliphatic rings. The number of benzene rings is 2. The lowest BCUT2D eigenvalue weighted by molar-refractivity contribution is 0.0948. The summed E-state index contributed by atoms with van der Waals surface area (Å²) >= 11 is 1.70. The van der Waals surface area contributed by atoms with Crippen LogP contribution in [0.5, 0.6) is 0 Å². The second-order valence-electron chi connectivity index (χ2n) is 5.92. The number of hydrogen-bond acceptors (Lipinski definition) is 3. The molecule has 5 heteroatoms. The van der Waals surface area contributed by atoms with Crippen LogP contribution >= 0.6 is 11.8 Å². The summed E-state index contributed by atoms with van der Waals surface area (Å²) in [6.45, 7) is 4.70. The van der Waals surface area contributed by atoms with Crippen molar-refractivity contribution in [1.29, 1.82) is 0 Å². The van der Waals surface area contributed by atoms with Crippen LogP contribution < -0.4 is 5.32 Å². The lowest BCUT2D eigenvalue weighted by Crippen LogP contribution is -2.24. The Hall–Kier alpha value is -2.53. The van der Waals surface area contributed by atoms with Crippen molar-refractivity contribution in [2.45, 2.75) is 30.5 Å². The fraction of sp³-hybridized carbons (Fsp3) is 0.200. The summed E-state index contributed by atoms with van der Waals surface area (Å²) in [7, 11) is 0. The highest BCUT2D eigenvalue weighted by Crippen LogP contribution is 2.26. The van der Waals surface area contributed by atoms with E-state index in [2.05, 4.69) is 24.3 Å². The van der Waals surface area contributed by atoms with E-state index >= 15 is 0 Å². The Bertz CT molecular complexity index is 844. The van der Waals surface area contributed by atoms with Gasteiger partial charge in [-0.25, -0.2) is 4.68 Å². The van der Waals surface area contributed by atoms with Crippen molar-refractivity contribution in [2.24, 2.45) is 0 Å². The first-order chi connectivity index (χ1) is 12.1. The summed E-state index contributed by atoms with van der Waals surface area (Å²) < 4.78 is 1.81. The second kappa shape index (κ2) is 8.03. The second-order valence-corrected chi connectivity index (χ2v) is 7.54. The molecule has 3 rings (SSSR count). The van der Waals surface area contributed by atoms with Crippen molar-refractivity contribution in [3.05, 3.63) is 78.1 Å². The van der Waals surface area contributed by atoms with Gasteiger partial charge in [-0.15, -0.1) is 11.8 Å². The van der Waals surface area contributed by atoms with Gasteiger partial charge in [0, 0.05) is 29.1 Å². The third-order valence-electron chi connectivity index (χ3n) is 3.68. The molecule has 1 amide bonds. The summed E-state index contributed by atoms with van der Waals surface area (Å²) in [5.74, 6) is -0.0565. The number of carbonyl (C=O) groups is 1. The van der Waals surface area contributed by atoms with Crippen LogP contribution in [0.4, 0.5) is 0 Å². The third-order valence-corrected chi connectivity index (χ3v) is 4.76. The van der Waals surface area contributed by atoms with Crippen LogP contribution in [0.2, 0.25) is 0 Å².